The summed E-state index contributed by atoms with van der Waals surface area (Å²) in [6, 6.07) is 0. The zero-order valence-electron chi connectivity index (χ0n) is 5.51. The molecule has 0 saturated carbocycles. The molecule has 3 nitrogen and oxygen atoms in total. The predicted octanol–water partition coefficient (Wildman–Crippen LogP) is 2.11. The molecule has 0 aliphatic carbocycles. The topological polar surface area (TPSA) is 43.1 Å². The van der Waals surface area contributed by atoms with E-state index in [1.54, 1.807) is 0 Å². The van der Waals surface area contributed by atoms with Crippen molar-refractivity contribution in [1.82, 2.24) is 0 Å². The molecule has 0 radical (unpaired) electrons. The second-order valence-corrected chi connectivity index (χ2v) is 1.64. The minimum Gasteiger partial charge on any atom is -0.258 e. The van der Waals surface area contributed by atoms with Crippen LogP contribution < -0.4 is 0 Å². The van der Waals surface area contributed by atoms with E-state index < -0.39 is 22.3 Å². The summed E-state index contributed by atoms with van der Waals surface area (Å²) in [6.07, 6.45) is 0.363. The van der Waals surface area contributed by atoms with E-state index in [9.17, 15) is 18.9 Å². The fraction of sp³-hybridized carbons (Fsp3) is 0. The number of nitrogens with zero attached hydrogens (tertiary/aromatic N) is 1. The summed E-state index contributed by atoms with van der Waals surface area (Å²) in [5, 5.41) is 9.91. The lowest BCUT2D eigenvalue weighted by molar-refractivity contribution is -0.422. The van der Waals surface area contributed by atoms with Gasteiger partial charge < -0.3 is 0 Å². The van der Waals surface area contributed by atoms with Crippen LogP contribution in [0, 0.1) is 10.1 Å². The van der Waals surface area contributed by atoms with E-state index >= 15 is 0 Å². The summed E-state index contributed by atoms with van der Waals surface area (Å²) < 4.78 is 24.0. The van der Waals surface area contributed by atoms with Gasteiger partial charge in [0.1, 0.15) is 5.83 Å². The monoisotopic (exact) mass is 161 g/mol. The highest BCUT2D eigenvalue weighted by atomic mass is 19.1. The van der Waals surface area contributed by atoms with Crippen molar-refractivity contribution in [2.24, 2.45) is 0 Å². The van der Waals surface area contributed by atoms with E-state index in [-0.39, 0.29) is 0 Å². The quantitative estimate of drug-likeness (QED) is 0.361. The van der Waals surface area contributed by atoms with Crippen molar-refractivity contribution in [3.8, 4) is 0 Å². The van der Waals surface area contributed by atoms with Gasteiger partial charge in [-0.2, -0.15) is 0 Å². The second-order valence-electron chi connectivity index (χ2n) is 1.64. The van der Waals surface area contributed by atoms with E-state index in [0.717, 1.165) is 0 Å². The Morgan fingerprint density at radius 2 is 1.91 bits per heavy atom. The first-order valence-electron chi connectivity index (χ1n) is 2.50. The molecule has 0 atom stereocenters. The van der Waals surface area contributed by atoms with Gasteiger partial charge in [0.2, 0.25) is 0 Å². The van der Waals surface area contributed by atoms with Crippen LogP contribution in [0.3, 0.4) is 0 Å². The molecule has 0 fully saturated rings. The highest BCUT2D eigenvalue weighted by Crippen LogP contribution is 2.12. The average Bonchev–Trinajstić information content (AvgIpc) is 1.81. The van der Waals surface area contributed by atoms with Crippen molar-refractivity contribution in [2.75, 3.05) is 0 Å². The maximum Gasteiger partial charge on any atom is 0.307 e. The molecule has 0 aliphatic heterocycles. The third kappa shape index (κ3) is 3.24. The van der Waals surface area contributed by atoms with E-state index in [2.05, 4.69) is 13.2 Å². The molecule has 0 unspecified atom stereocenters. The summed E-state index contributed by atoms with van der Waals surface area (Å²) in [4.78, 5) is 8.83. The van der Waals surface area contributed by atoms with Crippen LogP contribution in [0.2, 0.25) is 0 Å². The first-order chi connectivity index (χ1) is 4.95. The normalized spacial score (nSPS) is 10.9. The first-order valence-corrected chi connectivity index (χ1v) is 2.50. The molecule has 0 rings (SSSR count). The molecule has 0 spiro atoms. The molecule has 60 valence electrons. The summed E-state index contributed by atoms with van der Waals surface area (Å²) in [7, 11) is 0. The van der Waals surface area contributed by atoms with Crippen LogP contribution in [0.1, 0.15) is 0 Å². The molecule has 0 N–H and O–H groups in total. The van der Waals surface area contributed by atoms with E-state index in [1.807, 2.05) is 0 Å². The number of hydrogen-bond acceptors (Lipinski definition) is 2. The number of allylic oxidation sites excluding steroid dienone is 3. The van der Waals surface area contributed by atoms with Crippen molar-refractivity contribution in [3.63, 3.8) is 0 Å². The van der Waals surface area contributed by atoms with Crippen LogP contribution in [-0.2, 0) is 0 Å². The minimum atomic E-state index is -1.30. The number of rotatable bonds is 3. The minimum absolute atomic E-state index is 0.363. The molecule has 0 aromatic rings. The maximum atomic E-state index is 12.1. The van der Waals surface area contributed by atoms with Gasteiger partial charge in [0, 0.05) is 0 Å². The van der Waals surface area contributed by atoms with Crippen LogP contribution >= 0.6 is 0 Å². The molecular formula is C6H5F2NO2. The lowest BCUT2D eigenvalue weighted by Crippen LogP contribution is -1.98. The van der Waals surface area contributed by atoms with Crippen LogP contribution in [0.15, 0.2) is 36.6 Å². The van der Waals surface area contributed by atoms with Gasteiger partial charge in [0.25, 0.3) is 0 Å². The Hall–Kier alpha value is -1.52. The molecule has 0 bridgehead atoms. The molecular weight excluding hydrogens is 156 g/mol. The third-order valence-corrected chi connectivity index (χ3v) is 0.768. The lowest BCUT2D eigenvalue weighted by Gasteiger charge is -1.90. The Bertz CT molecular complexity index is 229. The van der Waals surface area contributed by atoms with E-state index in [0.29, 0.717) is 6.08 Å². The second kappa shape index (κ2) is 3.60. The molecule has 0 aromatic carbocycles. The Morgan fingerprint density at radius 1 is 1.45 bits per heavy atom. The van der Waals surface area contributed by atoms with E-state index in [1.165, 1.54) is 0 Å². The fourth-order valence-electron chi connectivity index (χ4n) is 0.378. The smallest absolute Gasteiger partial charge is 0.258 e. The summed E-state index contributed by atoms with van der Waals surface area (Å²) >= 11 is 0. The Labute approximate surface area is 61.5 Å². The van der Waals surface area contributed by atoms with Crippen molar-refractivity contribution >= 4 is 0 Å². The molecule has 0 saturated heterocycles. The maximum absolute atomic E-state index is 12.1. The number of nitro groups is 1. The van der Waals surface area contributed by atoms with Gasteiger partial charge in [-0.05, 0) is 0 Å². The SMILES string of the molecule is C=C(F)/C=C(\C(=C)F)[N+](=O)[O-]. The Balaban J connectivity index is 4.75. The van der Waals surface area contributed by atoms with Gasteiger partial charge in [-0.1, -0.05) is 13.2 Å². The highest BCUT2D eigenvalue weighted by Gasteiger charge is 2.14. The van der Waals surface area contributed by atoms with Crippen molar-refractivity contribution in [1.29, 1.82) is 0 Å². The predicted molar refractivity (Wildman–Crippen MR) is 35.6 cm³/mol. The largest absolute Gasteiger partial charge is 0.307 e. The third-order valence-electron chi connectivity index (χ3n) is 0.768. The summed E-state index contributed by atoms with van der Waals surface area (Å²) in [6.45, 7) is 5.35. The van der Waals surface area contributed by atoms with E-state index in [4.69, 9.17) is 0 Å². The van der Waals surface area contributed by atoms with Gasteiger partial charge in [-0.15, -0.1) is 0 Å². The first kappa shape index (κ1) is 9.48. The lowest BCUT2D eigenvalue weighted by atomic mass is 10.3. The van der Waals surface area contributed by atoms with Crippen LogP contribution in [-0.4, -0.2) is 4.92 Å². The standard InChI is InChI=1S/C6H5F2NO2/c1-4(7)3-6(5(2)8)9(10)11/h3H,1-2H2/b6-3+. The van der Waals surface area contributed by atoms with Crippen molar-refractivity contribution in [2.45, 2.75) is 0 Å². The van der Waals surface area contributed by atoms with Crippen LogP contribution in [0.25, 0.3) is 0 Å². The van der Waals surface area contributed by atoms with Gasteiger partial charge in [-0.25, -0.2) is 8.78 Å². The van der Waals surface area contributed by atoms with Gasteiger partial charge in [0.05, 0.1) is 11.0 Å². The fourth-order valence-corrected chi connectivity index (χ4v) is 0.378. The van der Waals surface area contributed by atoms with Crippen LogP contribution in [0.4, 0.5) is 8.78 Å². The molecule has 0 heterocycles. The molecule has 0 aliphatic rings. The van der Waals surface area contributed by atoms with Crippen LogP contribution in [0.5, 0.6) is 0 Å². The number of hydrogen-bond donors (Lipinski definition) is 0. The molecule has 11 heavy (non-hydrogen) atoms. The highest BCUT2D eigenvalue weighted by molar-refractivity contribution is 5.22. The average molecular weight is 161 g/mol. The van der Waals surface area contributed by atoms with Crippen molar-refractivity contribution < 1.29 is 13.7 Å². The summed E-state index contributed by atoms with van der Waals surface area (Å²) in [5.41, 5.74) is -1.02. The molecule has 5 heteroatoms. The Kier molecular flexibility index (Phi) is 3.10. The summed E-state index contributed by atoms with van der Waals surface area (Å²) in [5.74, 6) is -2.38. The molecule has 0 amide bonds. The zero-order valence-corrected chi connectivity index (χ0v) is 5.51. The zero-order chi connectivity index (χ0) is 9.02. The van der Waals surface area contributed by atoms with Gasteiger partial charge >= 0.3 is 5.70 Å². The van der Waals surface area contributed by atoms with Gasteiger partial charge in [0.15, 0.2) is 5.83 Å². The molecule has 0 aromatic heterocycles. The number of halogens is 2. The van der Waals surface area contributed by atoms with Gasteiger partial charge in [-0.3, -0.25) is 10.1 Å². The van der Waals surface area contributed by atoms with Crippen molar-refractivity contribution in [3.05, 3.63) is 46.7 Å². The Morgan fingerprint density at radius 3 is 2.00 bits per heavy atom.